The molecule has 0 aromatic rings. The van der Waals surface area contributed by atoms with Crippen LogP contribution in [0, 0.1) is 5.92 Å². The lowest BCUT2D eigenvalue weighted by atomic mass is 10.1. The van der Waals surface area contributed by atoms with Crippen LogP contribution in [0.2, 0.25) is 0 Å². The maximum absolute atomic E-state index is 8.50. The number of amidine groups is 1. The minimum absolute atomic E-state index is 0.313. The van der Waals surface area contributed by atoms with Crippen molar-refractivity contribution < 1.29 is 5.21 Å². The maximum Gasteiger partial charge on any atom is 0.140 e. The van der Waals surface area contributed by atoms with Gasteiger partial charge in [-0.3, -0.25) is 0 Å². The highest BCUT2D eigenvalue weighted by Crippen LogP contribution is 2.33. The molecule has 1 saturated carbocycles. The smallest absolute Gasteiger partial charge is 0.140 e. The molecule has 0 bridgehead atoms. The summed E-state index contributed by atoms with van der Waals surface area (Å²) in [5, 5.41) is 15.0. The third kappa shape index (κ3) is 5.02. The number of nitrogens with zero attached hydrogens (tertiary/aromatic N) is 1. The second kappa shape index (κ2) is 5.95. The van der Waals surface area contributed by atoms with Crippen molar-refractivity contribution in [2.45, 2.75) is 58.0 Å². The van der Waals surface area contributed by atoms with Crippen molar-refractivity contribution in [3.8, 4) is 0 Å². The molecular formula is C11H23N3O. The van der Waals surface area contributed by atoms with Crippen LogP contribution in [0.4, 0.5) is 0 Å². The van der Waals surface area contributed by atoms with E-state index in [1.54, 1.807) is 0 Å². The second-order valence-electron chi connectivity index (χ2n) is 4.65. The van der Waals surface area contributed by atoms with Crippen molar-refractivity contribution in [3.05, 3.63) is 0 Å². The molecule has 0 aliphatic heterocycles. The van der Waals surface area contributed by atoms with Crippen molar-refractivity contribution in [1.29, 1.82) is 0 Å². The molecule has 0 radical (unpaired) electrons. The number of oxime groups is 1. The van der Waals surface area contributed by atoms with Crippen LogP contribution in [0.1, 0.15) is 46.0 Å². The van der Waals surface area contributed by atoms with Gasteiger partial charge < -0.3 is 16.3 Å². The van der Waals surface area contributed by atoms with Gasteiger partial charge in [-0.25, -0.2) is 0 Å². The predicted octanol–water partition coefficient (Wildman–Crippen LogP) is 1.68. The molecule has 1 aliphatic rings. The summed E-state index contributed by atoms with van der Waals surface area (Å²) in [5.41, 5.74) is 5.50. The molecule has 1 aliphatic carbocycles. The molecule has 4 heteroatoms. The average Bonchev–Trinajstić information content (AvgIpc) is 3.00. The SMILES string of the molecule is CCC(CC(N)=NO)NC(C)CC1CC1. The quantitative estimate of drug-likeness (QED) is 0.261. The fraction of sp³-hybridized carbons (Fsp3) is 0.909. The van der Waals surface area contributed by atoms with Crippen LogP contribution in [-0.2, 0) is 0 Å². The molecule has 0 saturated heterocycles. The van der Waals surface area contributed by atoms with Crippen molar-refractivity contribution in [2.24, 2.45) is 16.8 Å². The second-order valence-corrected chi connectivity index (χ2v) is 4.65. The van der Waals surface area contributed by atoms with Crippen LogP contribution in [0.3, 0.4) is 0 Å². The molecule has 88 valence electrons. The normalized spacial score (nSPS) is 21.3. The molecule has 4 N–H and O–H groups in total. The Balaban J connectivity index is 2.24. The van der Waals surface area contributed by atoms with E-state index in [1.165, 1.54) is 19.3 Å². The summed E-state index contributed by atoms with van der Waals surface area (Å²) in [5.74, 6) is 1.25. The number of rotatable bonds is 7. The Morgan fingerprint density at radius 3 is 2.73 bits per heavy atom. The molecule has 4 nitrogen and oxygen atoms in total. The van der Waals surface area contributed by atoms with Gasteiger partial charge in [-0.2, -0.15) is 0 Å². The van der Waals surface area contributed by atoms with E-state index < -0.39 is 0 Å². The van der Waals surface area contributed by atoms with Gasteiger partial charge in [-0.05, 0) is 25.7 Å². The van der Waals surface area contributed by atoms with Crippen molar-refractivity contribution in [2.75, 3.05) is 0 Å². The van der Waals surface area contributed by atoms with E-state index in [1.807, 2.05) is 0 Å². The molecule has 0 aromatic carbocycles. The first-order valence-electron chi connectivity index (χ1n) is 5.88. The van der Waals surface area contributed by atoms with Gasteiger partial charge >= 0.3 is 0 Å². The molecule has 0 amide bonds. The minimum atomic E-state index is 0.313. The first kappa shape index (κ1) is 12.3. The number of hydrogen-bond acceptors (Lipinski definition) is 3. The summed E-state index contributed by atoms with van der Waals surface area (Å²) in [7, 11) is 0. The van der Waals surface area contributed by atoms with Crippen LogP contribution in [-0.4, -0.2) is 23.1 Å². The van der Waals surface area contributed by atoms with Crippen LogP contribution in [0.15, 0.2) is 5.16 Å². The zero-order chi connectivity index (χ0) is 11.3. The number of hydrogen-bond donors (Lipinski definition) is 3. The monoisotopic (exact) mass is 213 g/mol. The van der Waals surface area contributed by atoms with Gasteiger partial charge in [-0.15, -0.1) is 0 Å². The van der Waals surface area contributed by atoms with Crippen LogP contribution >= 0.6 is 0 Å². The minimum Gasteiger partial charge on any atom is -0.409 e. The third-order valence-electron chi connectivity index (χ3n) is 2.98. The van der Waals surface area contributed by atoms with Crippen LogP contribution in [0.25, 0.3) is 0 Å². The Morgan fingerprint density at radius 2 is 2.27 bits per heavy atom. The van der Waals surface area contributed by atoms with E-state index >= 15 is 0 Å². The number of nitrogens with one attached hydrogen (secondary N) is 1. The Morgan fingerprint density at radius 1 is 1.60 bits per heavy atom. The molecule has 0 heterocycles. The Bertz CT molecular complexity index is 214. The van der Waals surface area contributed by atoms with Gasteiger partial charge in [0.05, 0.1) is 0 Å². The van der Waals surface area contributed by atoms with Gasteiger partial charge in [0.1, 0.15) is 5.84 Å². The molecular weight excluding hydrogens is 190 g/mol. The van der Waals surface area contributed by atoms with E-state index in [9.17, 15) is 0 Å². The van der Waals surface area contributed by atoms with Crippen LogP contribution < -0.4 is 11.1 Å². The fourth-order valence-corrected chi connectivity index (χ4v) is 1.94. The van der Waals surface area contributed by atoms with Gasteiger partial charge in [0.15, 0.2) is 0 Å². The molecule has 0 aromatic heterocycles. The summed E-state index contributed by atoms with van der Waals surface area (Å²) in [6.45, 7) is 4.33. The zero-order valence-corrected chi connectivity index (χ0v) is 9.74. The lowest BCUT2D eigenvalue weighted by molar-refractivity contribution is 0.314. The summed E-state index contributed by atoms with van der Waals surface area (Å²) >= 11 is 0. The summed E-state index contributed by atoms with van der Waals surface area (Å²) in [6, 6.07) is 0.864. The molecule has 2 unspecified atom stereocenters. The Kier molecular flexibility index (Phi) is 4.88. The summed E-state index contributed by atoms with van der Waals surface area (Å²) in [4.78, 5) is 0. The van der Waals surface area contributed by atoms with Gasteiger partial charge in [0.25, 0.3) is 0 Å². The lowest BCUT2D eigenvalue weighted by Gasteiger charge is -2.21. The van der Waals surface area contributed by atoms with Gasteiger partial charge in [0.2, 0.25) is 0 Å². The molecule has 0 spiro atoms. The topological polar surface area (TPSA) is 70.6 Å². The summed E-state index contributed by atoms with van der Waals surface area (Å²) in [6.07, 6.45) is 5.67. The molecule has 1 rings (SSSR count). The first-order valence-corrected chi connectivity index (χ1v) is 5.88. The fourth-order valence-electron chi connectivity index (χ4n) is 1.94. The standard InChI is InChI=1S/C11H23N3O/c1-3-10(7-11(12)14-15)13-8(2)6-9-4-5-9/h8-10,13,15H,3-7H2,1-2H3,(H2,12,14). The highest BCUT2D eigenvalue weighted by atomic mass is 16.4. The van der Waals surface area contributed by atoms with Gasteiger partial charge in [-0.1, -0.05) is 24.9 Å². The zero-order valence-electron chi connectivity index (χ0n) is 9.74. The first-order chi connectivity index (χ1) is 7.15. The van der Waals surface area contributed by atoms with Crippen molar-refractivity contribution in [1.82, 2.24) is 5.32 Å². The lowest BCUT2D eigenvalue weighted by Crippen LogP contribution is -2.39. The van der Waals surface area contributed by atoms with Crippen molar-refractivity contribution >= 4 is 5.84 Å². The molecule has 2 atom stereocenters. The van der Waals surface area contributed by atoms with E-state index in [0.29, 0.717) is 24.3 Å². The van der Waals surface area contributed by atoms with E-state index in [4.69, 9.17) is 10.9 Å². The third-order valence-corrected chi connectivity index (χ3v) is 2.98. The summed E-state index contributed by atoms with van der Waals surface area (Å²) < 4.78 is 0. The van der Waals surface area contributed by atoms with E-state index in [2.05, 4.69) is 24.3 Å². The van der Waals surface area contributed by atoms with E-state index in [0.717, 1.165) is 12.3 Å². The van der Waals surface area contributed by atoms with Crippen LogP contribution in [0.5, 0.6) is 0 Å². The Hall–Kier alpha value is -0.770. The average molecular weight is 213 g/mol. The van der Waals surface area contributed by atoms with E-state index in [-0.39, 0.29) is 0 Å². The Labute approximate surface area is 91.9 Å². The van der Waals surface area contributed by atoms with Gasteiger partial charge in [0, 0.05) is 18.5 Å². The predicted molar refractivity (Wildman–Crippen MR) is 62.0 cm³/mol. The van der Waals surface area contributed by atoms with Crippen molar-refractivity contribution in [3.63, 3.8) is 0 Å². The molecule has 15 heavy (non-hydrogen) atoms. The largest absolute Gasteiger partial charge is 0.409 e. The highest BCUT2D eigenvalue weighted by molar-refractivity contribution is 5.80. The maximum atomic E-state index is 8.50. The number of nitrogens with two attached hydrogens (primary N) is 1. The molecule has 1 fully saturated rings. The highest BCUT2D eigenvalue weighted by Gasteiger charge is 2.24.